The fraction of sp³-hybridized carbons (Fsp3) is 0.121. The predicted molar refractivity (Wildman–Crippen MR) is 148 cm³/mol. The molecule has 0 fully saturated rings. The van der Waals surface area contributed by atoms with Crippen molar-refractivity contribution in [1.82, 2.24) is 4.98 Å². The quantitative estimate of drug-likeness (QED) is 0.254. The Hall–Kier alpha value is -4.37. The molecule has 36 heavy (non-hydrogen) atoms. The molecule has 0 atom stereocenters. The summed E-state index contributed by atoms with van der Waals surface area (Å²) in [7, 11) is 0. The van der Waals surface area contributed by atoms with Gasteiger partial charge in [0.15, 0.2) is 0 Å². The molecule has 3 heteroatoms. The predicted octanol–water partition coefficient (Wildman–Crippen LogP) is 9.51. The summed E-state index contributed by atoms with van der Waals surface area (Å²) in [6, 6.07) is 31.4. The molecule has 4 aromatic carbocycles. The molecule has 3 aromatic heterocycles. The van der Waals surface area contributed by atoms with Gasteiger partial charge in [-0.15, -0.1) is 0 Å². The van der Waals surface area contributed by atoms with Gasteiger partial charge in [-0.25, -0.2) is 0 Å². The van der Waals surface area contributed by atoms with E-state index in [9.17, 15) is 0 Å². The molecule has 0 unspecified atom stereocenters. The van der Waals surface area contributed by atoms with Crippen LogP contribution in [0, 0.1) is 0 Å². The second-order valence-corrected chi connectivity index (χ2v) is 10.5. The molecular formula is C33H25NO2. The number of aromatic nitrogens is 1. The third kappa shape index (κ3) is 3.16. The lowest BCUT2D eigenvalue weighted by atomic mass is 9.86. The number of hydrogen-bond donors (Lipinski definition) is 0. The summed E-state index contributed by atoms with van der Waals surface area (Å²) in [6.45, 7) is 6.71. The molecule has 0 bridgehead atoms. The van der Waals surface area contributed by atoms with Gasteiger partial charge in [0.2, 0.25) is 0 Å². The van der Waals surface area contributed by atoms with Crippen molar-refractivity contribution in [2.45, 2.75) is 26.2 Å². The fourth-order valence-electron chi connectivity index (χ4n) is 5.23. The van der Waals surface area contributed by atoms with E-state index in [0.717, 1.165) is 66.3 Å². The minimum absolute atomic E-state index is 0.0648. The van der Waals surface area contributed by atoms with E-state index < -0.39 is 0 Å². The lowest BCUT2D eigenvalue weighted by molar-refractivity contribution is 0.590. The average molecular weight is 468 g/mol. The molecule has 0 saturated carbocycles. The molecule has 174 valence electrons. The molecule has 3 nitrogen and oxygen atoms in total. The third-order valence-electron chi connectivity index (χ3n) is 7.08. The molecule has 0 aliphatic carbocycles. The van der Waals surface area contributed by atoms with Crippen molar-refractivity contribution in [2.24, 2.45) is 0 Å². The van der Waals surface area contributed by atoms with Crippen molar-refractivity contribution in [3.63, 3.8) is 0 Å². The maximum absolute atomic E-state index is 6.51. The maximum atomic E-state index is 6.51. The molecule has 0 spiro atoms. The fourth-order valence-corrected chi connectivity index (χ4v) is 5.23. The van der Waals surface area contributed by atoms with E-state index in [1.54, 1.807) is 0 Å². The topological polar surface area (TPSA) is 39.2 Å². The number of benzene rings is 4. The van der Waals surface area contributed by atoms with Gasteiger partial charge in [0.05, 0.1) is 5.69 Å². The normalized spacial score (nSPS) is 12.3. The Labute approximate surface area is 209 Å². The van der Waals surface area contributed by atoms with Gasteiger partial charge < -0.3 is 8.83 Å². The Morgan fingerprint density at radius 2 is 1.36 bits per heavy atom. The van der Waals surface area contributed by atoms with Gasteiger partial charge in [-0.05, 0) is 52.9 Å². The highest BCUT2D eigenvalue weighted by molar-refractivity contribution is 6.23. The zero-order valence-electron chi connectivity index (χ0n) is 20.5. The second kappa shape index (κ2) is 7.56. The van der Waals surface area contributed by atoms with Crippen molar-refractivity contribution in [2.75, 3.05) is 0 Å². The zero-order chi connectivity index (χ0) is 24.4. The summed E-state index contributed by atoms with van der Waals surface area (Å²) >= 11 is 0. The van der Waals surface area contributed by atoms with Crippen LogP contribution in [0.1, 0.15) is 26.3 Å². The van der Waals surface area contributed by atoms with Crippen LogP contribution in [-0.4, -0.2) is 4.98 Å². The molecule has 7 aromatic rings. The molecule has 0 radical (unpaired) electrons. The number of nitrogens with zero attached hydrogens (tertiary/aromatic N) is 1. The van der Waals surface area contributed by atoms with E-state index in [-0.39, 0.29) is 5.41 Å². The van der Waals surface area contributed by atoms with E-state index >= 15 is 0 Å². The molecule has 0 aliphatic rings. The Morgan fingerprint density at radius 1 is 0.611 bits per heavy atom. The molecule has 3 heterocycles. The molecule has 0 saturated heterocycles. The molecule has 7 rings (SSSR count). The average Bonchev–Trinajstić information content (AvgIpc) is 3.45. The van der Waals surface area contributed by atoms with Crippen LogP contribution in [0.25, 0.3) is 66.3 Å². The summed E-state index contributed by atoms with van der Waals surface area (Å²) in [5.41, 5.74) is 8.97. The summed E-state index contributed by atoms with van der Waals surface area (Å²) in [5, 5.41) is 4.29. The first-order valence-corrected chi connectivity index (χ1v) is 12.3. The van der Waals surface area contributed by atoms with Crippen LogP contribution >= 0.6 is 0 Å². The van der Waals surface area contributed by atoms with Crippen molar-refractivity contribution in [3.8, 4) is 22.4 Å². The summed E-state index contributed by atoms with van der Waals surface area (Å²) in [6.07, 6.45) is 1.89. The molecule has 0 N–H and O–H groups in total. The van der Waals surface area contributed by atoms with E-state index in [0.29, 0.717) is 0 Å². The lowest BCUT2D eigenvalue weighted by Gasteiger charge is -2.19. The largest absolute Gasteiger partial charge is 0.456 e. The first-order chi connectivity index (χ1) is 17.5. The van der Waals surface area contributed by atoms with Crippen LogP contribution in [0.3, 0.4) is 0 Å². The standard InChI is InChI=1S/C33H25NO2/c1-33(2,3)22-10-8-9-20(17-22)26-18-21(15-16-34-26)30-31-24-12-5-7-14-28(24)35-29(31)19-25-23-11-4-6-13-27(23)36-32(25)30/h4-19H,1-3H3. The van der Waals surface area contributed by atoms with Gasteiger partial charge in [-0.1, -0.05) is 75.4 Å². The van der Waals surface area contributed by atoms with Gasteiger partial charge in [0.25, 0.3) is 0 Å². The zero-order valence-corrected chi connectivity index (χ0v) is 20.5. The van der Waals surface area contributed by atoms with E-state index in [2.05, 4.69) is 81.4 Å². The van der Waals surface area contributed by atoms with E-state index in [1.807, 2.05) is 36.5 Å². The van der Waals surface area contributed by atoms with Gasteiger partial charge in [0, 0.05) is 38.9 Å². The van der Waals surface area contributed by atoms with E-state index in [1.165, 1.54) is 5.56 Å². The number of furan rings is 2. The number of hydrogen-bond acceptors (Lipinski definition) is 3. The molecule has 0 aliphatic heterocycles. The van der Waals surface area contributed by atoms with Crippen molar-refractivity contribution in [1.29, 1.82) is 0 Å². The highest BCUT2D eigenvalue weighted by Gasteiger charge is 2.21. The van der Waals surface area contributed by atoms with Crippen molar-refractivity contribution >= 4 is 43.9 Å². The first kappa shape index (κ1) is 21.0. The van der Waals surface area contributed by atoms with E-state index in [4.69, 9.17) is 13.8 Å². The maximum Gasteiger partial charge on any atom is 0.144 e. The monoisotopic (exact) mass is 467 g/mol. The smallest absolute Gasteiger partial charge is 0.144 e. The van der Waals surface area contributed by atoms with Crippen LogP contribution in [0.5, 0.6) is 0 Å². The van der Waals surface area contributed by atoms with Gasteiger partial charge in [-0.2, -0.15) is 0 Å². The Morgan fingerprint density at radius 3 is 2.17 bits per heavy atom. The summed E-state index contributed by atoms with van der Waals surface area (Å²) in [5.74, 6) is 0. The second-order valence-electron chi connectivity index (χ2n) is 10.5. The summed E-state index contributed by atoms with van der Waals surface area (Å²) < 4.78 is 12.9. The van der Waals surface area contributed by atoms with Gasteiger partial charge in [0.1, 0.15) is 22.3 Å². The van der Waals surface area contributed by atoms with Gasteiger partial charge >= 0.3 is 0 Å². The SMILES string of the molecule is CC(C)(C)c1cccc(-c2cc(-c3c4oc5ccccc5c4cc4oc5ccccc5c34)ccn2)c1. The lowest BCUT2D eigenvalue weighted by Crippen LogP contribution is -2.10. The number of para-hydroxylation sites is 2. The highest BCUT2D eigenvalue weighted by Crippen LogP contribution is 2.45. The number of fused-ring (bicyclic) bond motifs is 6. The first-order valence-electron chi connectivity index (χ1n) is 12.3. The third-order valence-corrected chi connectivity index (χ3v) is 7.08. The Kier molecular flexibility index (Phi) is 4.40. The number of pyridine rings is 1. The number of rotatable bonds is 2. The van der Waals surface area contributed by atoms with Crippen LogP contribution in [0.15, 0.2) is 106 Å². The van der Waals surface area contributed by atoms with Crippen molar-refractivity contribution in [3.05, 3.63) is 103 Å². The Balaban J connectivity index is 1.56. The molecular weight excluding hydrogens is 442 g/mol. The summed E-state index contributed by atoms with van der Waals surface area (Å²) in [4.78, 5) is 4.76. The minimum atomic E-state index is 0.0648. The van der Waals surface area contributed by atoms with Crippen LogP contribution in [-0.2, 0) is 5.41 Å². The van der Waals surface area contributed by atoms with Crippen LogP contribution in [0.2, 0.25) is 0 Å². The van der Waals surface area contributed by atoms with Crippen molar-refractivity contribution < 1.29 is 8.83 Å². The highest BCUT2D eigenvalue weighted by atomic mass is 16.3. The minimum Gasteiger partial charge on any atom is -0.456 e. The van der Waals surface area contributed by atoms with Crippen LogP contribution in [0.4, 0.5) is 0 Å². The molecule has 0 amide bonds. The van der Waals surface area contributed by atoms with Crippen LogP contribution < -0.4 is 0 Å². The Bertz CT molecular complexity index is 1930. The van der Waals surface area contributed by atoms with Gasteiger partial charge in [-0.3, -0.25) is 4.98 Å².